The first kappa shape index (κ1) is 17.8. The van der Waals surface area contributed by atoms with E-state index < -0.39 is 17.7 Å². The Hall–Kier alpha value is -1.60. The van der Waals surface area contributed by atoms with Crippen LogP contribution in [0.25, 0.3) is 10.1 Å². The van der Waals surface area contributed by atoms with Gasteiger partial charge in [-0.2, -0.15) is 13.2 Å². The topological polar surface area (TPSA) is 40.5 Å². The number of fused-ring (bicyclic) bond motifs is 1. The van der Waals surface area contributed by atoms with Crippen LogP contribution in [0.2, 0.25) is 0 Å². The van der Waals surface area contributed by atoms with Crippen LogP contribution >= 0.6 is 11.3 Å². The first-order chi connectivity index (χ1) is 12.3. The molecule has 1 saturated heterocycles. The Labute approximate surface area is 153 Å². The highest BCUT2D eigenvalue weighted by molar-refractivity contribution is 7.17. The van der Waals surface area contributed by atoms with Gasteiger partial charge in [-0.1, -0.05) is 6.07 Å². The molecule has 1 aromatic carbocycles. The normalized spacial score (nSPS) is 24.9. The largest absolute Gasteiger partial charge is 0.481 e. The number of thiophene rings is 1. The Kier molecular flexibility index (Phi) is 4.47. The number of alkyl halides is 3. The smallest absolute Gasteiger partial charge is 0.416 e. The fourth-order valence-corrected chi connectivity index (χ4v) is 5.13. The van der Waals surface area contributed by atoms with Crippen LogP contribution in [0.3, 0.4) is 0 Å². The van der Waals surface area contributed by atoms with Gasteiger partial charge in [-0.05, 0) is 72.7 Å². The molecular formula is C19H20F3NO2S. The molecule has 0 unspecified atom stereocenters. The predicted octanol–water partition coefficient (Wildman–Crippen LogP) is 4.82. The van der Waals surface area contributed by atoms with Crippen molar-refractivity contribution >= 4 is 27.4 Å². The maximum absolute atomic E-state index is 12.9. The number of rotatable bonds is 4. The quantitative estimate of drug-likeness (QED) is 0.823. The standard InChI is InChI=1S/C19H20F3NO2S/c20-19(21,22)13-1-2-14-16(10-26-17(14)8-13)11-3-5-23(6-4-11)9-12-7-15(12)18(24)25/h1-2,8,10-12,15H,3-7,9H2,(H,24,25)/t12-,15+/m0/s1. The maximum Gasteiger partial charge on any atom is 0.416 e. The molecule has 2 aliphatic rings. The number of piperidine rings is 1. The van der Waals surface area contributed by atoms with Crippen molar-refractivity contribution in [3.63, 3.8) is 0 Å². The molecule has 2 atom stereocenters. The number of hydrogen-bond acceptors (Lipinski definition) is 3. The Balaban J connectivity index is 1.41. The summed E-state index contributed by atoms with van der Waals surface area (Å²) >= 11 is 1.38. The first-order valence-electron chi connectivity index (χ1n) is 8.86. The van der Waals surface area contributed by atoms with Gasteiger partial charge in [0.2, 0.25) is 0 Å². The van der Waals surface area contributed by atoms with Crippen molar-refractivity contribution in [1.29, 1.82) is 0 Å². The number of hydrogen-bond donors (Lipinski definition) is 1. The van der Waals surface area contributed by atoms with E-state index in [0.717, 1.165) is 49.8 Å². The second kappa shape index (κ2) is 6.53. The van der Waals surface area contributed by atoms with E-state index in [1.807, 2.05) is 5.38 Å². The van der Waals surface area contributed by atoms with Gasteiger partial charge >= 0.3 is 12.1 Å². The third-order valence-electron chi connectivity index (χ3n) is 5.69. The highest BCUT2D eigenvalue weighted by Gasteiger charge is 2.44. The van der Waals surface area contributed by atoms with Gasteiger partial charge in [-0.3, -0.25) is 4.79 Å². The molecule has 7 heteroatoms. The molecule has 2 aromatic rings. The lowest BCUT2D eigenvalue weighted by Gasteiger charge is -2.32. The summed E-state index contributed by atoms with van der Waals surface area (Å²) in [6, 6.07) is 4.03. The Bertz CT molecular complexity index is 824. The summed E-state index contributed by atoms with van der Waals surface area (Å²) in [4.78, 5) is 13.3. The lowest BCUT2D eigenvalue weighted by atomic mass is 9.89. The van der Waals surface area contributed by atoms with Crippen LogP contribution in [0.15, 0.2) is 23.6 Å². The molecule has 1 saturated carbocycles. The minimum Gasteiger partial charge on any atom is -0.481 e. The Morgan fingerprint density at radius 1 is 1.27 bits per heavy atom. The fraction of sp³-hybridized carbons (Fsp3) is 0.526. The van der Waals surface area contributed by atoms with Crippen molar-refractivity contribution in [3.8, 4) is 0 Å². The molecule has 0 bridgehead atoms. The average Bonchev–Trinajstić information content (AvgIpc) is 3.23. The average molecular weight is 383 g/mol. The molecule has 140 valence electrons. The number of nitrogens with zero attached hydrogens (tertiary/aromatic N) is 1. The molecule has 1 aromatic heterocycles. The van der Waals surface area contributed by atoms with Crippen molar-refractivity contribution in [2.45, 2.75) is 31.4 Å². The summed E-state index contributed by atoms with van der Waals surface area (Å²) in [6.07, 6.45) is -1.58. The third-order valence-corrected chi connectivity index (χ3v) is 6.66. The third kappa shape index (κ3) is 3.47. The molecule has 0 radical (unpaired) electrons. The van der Waals surface area contributed by atoms with Crippen LogP contribution in [0.5, 0.6) is 0 Å². The van der Waals surface area contributed by atoms with Gasteiger partial charge in [0.15, 0.2) is 0 Å². The van der Waals surface area contributed by atoms with Crippen LogP contribution in [0, 0.1) is 11.8 Å². The molecular weight excluding hydrogens is 363 g/mol. The van der Waals surface area contributed by atoms with E-state index in [0.29, 0.717) is 10.6 Å². The van der Waals surface area contributed by atoms with Crippen LogP contribution in [0.1, 0.15) is 36.3 Å². The predicted molar refractivity (Wildman–Crippen MR) is 94.5 cm³/mol. The summed E-state index contributed by atoms with van der Waals surface area (Å²) in [6.45, 7) is 2.69. The van der Waals surface area contributed by atoms with E-state index in [9.17, 15) is 18.0 Å². The van der Waals surface area contributed by atoms with Gasteiger partial charge in [0.05, 0.1) is 11.5 Å². The molecule has 1 aliphatic carbocycles. The van der Waals surface area contributed by atoms with Crippen LogP contribution in [0.4, 0.5) is 13.2 Å². The van der Waals surface area contributed by atoms with Crippen LogP contribution < -0.4 is 0 Å². The summed E-state index contributed by atoms with van der Waals surface area (Å²) in [5.41, 5.74) is 0.568. The highest BCUT2D eigenvalue weighted by atomic mass is 32.1. The van der Waals surface area contributed by atoms with E-state index in [1.165, 1.54) is 23.5 Å². The number of carboxylic acid groups (broad SMARTS) is 1. The van der Waals surface area contributed by atoms with E-state index in [-0.39, 0.29) is 11.8 Å². The first-order valence-corrected chi connectivity index (χ1v) is 9.74. The lowest BCUT2D eigenvalue weighted by molar-refractivity contribution is -0.139. The van der Waals surface area contributed by atoms with Crippen molar-refractivity contribution in [2.75, 3.05) is 19.6 Å². The molecule has 0 amide bonds. The SMILES string of the molecule is O=C(O)[C@@H]1C[C@H]1CN1CCC(c2csc3cc(C(F)(F)F)ccc23)CC1. The van der Waals surface area contributed by atoms with Gasteiger partial charge < -0.3 is 10.0 Å². The Morgan fingerprint density at radius 2 is 2.00 bits per heavy atom. The fourth-order valence-electron chi connectivity index (χ4n) is 4.05. The molecule has 1 aliphatic heterocycles. The monoisotopic (exact) mass is 383 g/mol. The molecule has 2 fully saturated rings. The number of benzene rings is 1. The summed E-state index contributed by atoms with van der Waals surface area (Å²) in [5, 5.41) is 11.9. The minimum atomic E-state index is -4.31. The zero-order chi connectivity index (χ0) is 18.5. The second-order valence-corrected chi connectivity index (χ2v) is 8.33. The number of halogens is 3. The number of carboxylic acids is 1. The Morgan fingerprint density at radius 3 is 2.62 bits per heavy atom. The van der Waals surface area contributed by atoms with Crippen molar-refractivity contribution in [3.05, 3.63) is 34.7 Å². The zero-order valence-corrected chi connectivity index (χ0v) is 14.9. The zero-order valence-electron chi connectivity index (χ0n) is 14.1. The van der Waals surface area contributed by atoms with E-state index in [2.05, 4.69) is 4.90 Å². The number of likely N-dealkylation sites (tertiary alicyclic amines) is 1. The van der Waals surface area contributed by atoms with Crippen LogP contribution in [-0.4, -0.2) is 35.6 Å². The van der Waals surface area contributed by atoms with E-state index in [4.69, 9.17) is 5.11 Å². The summed E-state index contributed by atoms with van der Waals surface area (Å²) in [7, 11) is 0. The highest BCUT2D eigenvalue weighted by Crippen LogP contribution is 2.42. The van der Waals surface area contributed by atoms with Gasteiger partial charge in [0.1, 0.15) is 0 Å². The van der Waals surface area contributed by atoms with Crippen molar-refractivity contribution < 1.29 is 23.1 Å². The van der Waals surface area contributed by atoms with Gasteiger partial charge in [-0.15, -0.1) is 11.3 Å². The molecule has 4 rings (SSSR count). The number of aliphatic carboxylic acids is 1. The lowest BCUT2D eigenvalue weighted by Crippen LogP contribution is -2.34. The summed E-state index contributed by atoms with van der Waals surface area (Å²) in [5.74, 6) is -0.206. The van der Waals surface area contributed by atoms with Crippen molar-refractivity contribution in [1.82, 2.24) is 4.90 Å². The van der Waals surface area contributed by atoms with Gasteiger partial charge in [-0.25, -0.2) is 0 Å². The van der Waals surface area contributed by atoms with E-state index in [1.54, 1.807) is 6.07 Å². The molecule has 26 heavy (non-hydrogen) atoms. The van der Waals surface area contributed by atoms with E-state index >= 15 is 0 Å². The maximum atomic E-state index is 12.9. The van der Waals surface area contributed by atoms with Gasteiger partial charge in [0.25, 0.3) is 0 Å². The van der Waals surface area contributed by atoms with Gasteiger partial charge in [0, 0.05) is 11.2 Å². The van der Waals surface area contributed by atoms with Crippen LogP contribution in [-0.2, 0) is 11.0 Å². The summed E-state index contributed by atoms with van der Waals surface area (Å²) < 4.78 is 39.3. The molecule has 2 heterocycles. The molecule has 1 N–H and O–H groups in total. The molecule has 3 nitrogen and oxygen atoms in total. The minimum absolute atomic E-state index is 0.170. The molecule has 0 spiro atoms. The number of carbonyl (C=O) groups is 1. The van der Waals surface area contributed by atoms with Crippen molar-refractivity contribution in [2.24, 2.45) is 11.8 Å². The second-order valence-electron chi connectivity index (χ2n) is 7.42.